The summed E-state index contributed by atoms with van der Waals surface area (Å²) < 4.78 is 0. The summed E-state index contributed by atoms with van der Waals surface area (Å²) in [5, 5.41) is 2.34. The summed E-state index contributed by atoms with van der Waals surface area (Å²) >= 11 is 0. The second kappa shape index (κ2) is 3.06. The molecule has 1 nitrogen and oxygen atoms in total. The molecule has 1 heteroatoms. The van der Waals surface area contributed by atoms with Crippen LogP contribution in [0.2, 0.25) is 0 Å². The molecule has 0 bridgehead atoms. The number of aromatic nitrogens is 1. The van der Waals surface area contributed by atoms with E-state index < -0.39 is 0 Å². The molecule has 1 N–H and O–H groups in total. The summed E-state index contributed by atoms with van der Waals surface area (Å²) in [7, 11) is 0. The molecule has 0 saturated heterocycles. The molecule has 0 fully saturated rings. The van der Waals surface area contributed by atoms with Gasteiger partial charge < -0.3 is 4.98 Å². The van der Waals surface area contributed by atoms with E-state index in [1.165, 1.54) is 5.22 Å². The molecule has 0 radical (unpaired) electrons. The van der Waals surface area contributed by atoms with Crippen molar-refractivity contribution in [3.05, 3.63) is 35.5 Å². The first kappa shape index (κ1) is 6.87. The average molecular weight is 133 g/mol. The van der Waals surface area contributed by atoms with Crippen LogP contribution in [-0.4, -0.2) is 4.98 Å². The van der Waals surface area contributed by atoms with Gasteiger partial charge in [0, 0.05) is 11.5 Å². The molecule has 0 aliphatic carbocycles. The van der Waals surface area contributed by atoms with E-state index in [1.54, 1.807) is 6.08 Å². The SMILES string of the molecule is C=C/C=c1/cc[nH]/c1=C/C. The second-order valence-electron chi connectivity index (χ2n) is 2.04. The maximum atomic E-state index is 3.63. The number of nitrogens with one attached hydrogen (secondary N) is 1. The number of hydrogen-bond acceptors (Lipinski definition) is 0. The first-order valence-electron chi connectivity index (χ1n) is 3.31. The third-order valence-corrected chi connectivity index (χ3v) is 1.40. The van der Waals surface area contributed by atoms with Gasteiger partial charge in [0.15, 0.2) is 0 Å². The molecular weight excluding hydrogens is 122 g/mol. The fraction of sp³-hybridized carbons (Fsp3) is 0.111. The van der Waals surface area contributed by atoms with Gasteiger partial charge in [0.2, 0.25) is 0 Å². The zero-order chi connectivity index (χ0) is 7.40. The molecule has 0 aliphatic rings. The third-order valence-electron chi connectivity index (χ3n) is 1.40. The number of hydrogen-bond donors (Lipinski definition) is 1. The molecule has 0 saturated carbocycles. The van der Waals surface area contributed by atoms with Crippen LogP contribution in [0, 0.1) is 0 Å². The van der Waals surface area contributed by atoms with Crippen LogP contribution >= 0.6 is 0 Å². The summed E-state index contributed by atoms with van der Waals surface area (Å²) in [5.41, 5.74) is 0. The summed E-state index contributed by atoms with van der Waals surface area (Å²) in [4.78, 5) is 3.11. The van der Waals surface area contributed by atoms with Gasteiger partial charge in [-0.25, -0.2) is 0 Å². The molecule has 0 aliphatic heterocycles. The van der Waals surface area contributed by atoms with Gasteiger partial charge in [-0.2, -0.15) is 0 Å². The number of aromatic amines is 1. The Bertz CT molecular complexity index is 317. The zero-order valence-electron chi connectivity index (χ0n) is 6.09. The lowest BCUT2D eigenvalue weighted by molar-refractivity contribution is 1.31. The molecule has 0 unspecified atom stereocenters. The van der Waals surface area contributed by atoms with Crippen molar-refractivity contribution in [3.8, 4) is 0 Å². The second-order valence-corrected chi connectivity index (χ2v) is 2.04. The molecule has 1 rings (SSSR count). The predicted molar refractivity (Wildman–Crippen MR) is 44.8 cm³/mol. The van der Waals surface area contributed by atoms with Crippen LogP contribution in [0.1, 0.15) is 6.92 Å². The van der Waals surface area contributed by atoms with E-state index in [0.29, 0.717) is 0 Å². The topological polar surface area (TPSA) is 15.8 Å². The lowest BCUT2D eigenvalue weighted by Gasteiger charge is -1.74. The first-order chi connectivity index (χ1) is 4.88. The maximum absolute atomic E-state index is 3.63. The number of H-pyrrole nitrogens is 1. The van der Waals surface area contributed by atoms with Crippen molar-refractivity contribution in [1.82, 2.24) is 4.98 Å². The summed E-state index contributed by atoms with van der Waals surface area (Å²) in [6.45, 7) is 5.63. The highest BCUT2D eigenvalue weighted by atomic mass is 14.6. The van der Waals surface area contributed by atoms with E-state index in [2.05, 4.69) is 11.6 Å². The highest BCUT2D eigenvalue weighted by Gasteiger charge is 1.79. The van der Waals surface area contributed by atoms with Crippen LogP contribution in [0.15, 0.2) is 24.9 Å². The van der Waals surface area contributed by atoms with Crippen molar-refractivity contribution in [3.63, 3.8) is 0 Å². The predicted octanol–water partition coefficient (Wildman–Crippen LogP) is 0.782. The smallest absolute Gasteiger partial charge is 0.0410 e. The Kier molecular flexibility index (Phi) is 2.11. The van der Waals surface area contributed by atoms with Crippen molar-refractivity contribution in [2.45, 2.75) is 6.92 Å². The molecule has 52 valence electrons. The minimum Gasteiger partial charge on any atom is -0.361 e. The van der Waals surface area contributed by atoms with E-state index in [9.17, 15) is 0 Å². The Hall–Kier alpha value is -1.24. The fourth-order valence-corrected chi connectivity index (χ4v) is 0.917. The summed E-state index contributed by atoms with van der Waals surface area (Å²) in [6.07, 6.45) is 7.72. The Balaban J connectivity index is 3.41. The van der Waals surface area contributed by atoms with Crippen LogP contribution in [0.5, 0.6) is 0 Å². The molecular formula is C9H11N. The molecule has 1 aromatic heterocycles. The van der Waals surface area contributed by atoms with Crippen molar-refractivity contribution in [1.29, 1.82) is 0 Å². The van der Waals surface area contributed by atoms with Gasteiger partial charge in [0.05, 0.1) is 0 Å². The highest BCUT2D eigenvalue weighted by Crippen LogP contribution is 1.66. The molecule has 10 heavy (non-hydrogen) atoms. The van der Waals surface area contributed by atoms with E-state index in [-0.39, 0.29) is 0 Å². The minimum atomic E-state index is 1.15. The van der Waals surface area contributed by atoms with Gasteiger partial charge in [0.1, 0.15) is 0 Å². The Morgan fingerprint density at radius 3 is 3.00 bits per heavy atom. The van der Waals surface area contributed by atoms with Crippen LogP contribution in [0.3, 0.4) is 0 Å². The largest absolute Gasteiger partial charge is 0.361 e. The van der Waals surface area contributed by atoms with E-state index in [1.807, 2.05) is 31.3 Å². The first-order valence-corrected chi connectivity index (χ1v) is 3.31. The van der Waals surface area contributed by atoms with Gasteiger partial charge in [-0.1, -0.05) is 24.8 Å². The van der Waals surface area contributed by atoms with Gasteiger partial charge in [-0.3, -0.25) is 0 Å². The third kappa shape index (κ3) is 1.18. The van der Waals surface area contributed by atoms with Crippen molar-refractivity contribution < 1.29 is 0 Å². The lowest BCUT2D eigenvalue weighted by Crippen LogP contribution is -2.20. The number of rotatable bonds is 1. The minimum absolute atomic E-state index is 1.15. The van der Waals surface area contributed by atoms with Crippen LogP contribution in [0.25, 0.3) is 12.2 Å². The fourth-order valence-electron chi connectivity index (χ4n) is 0.917. The van der Waals surface area contributed by atoms with Crippen LogP contribution in [-0.2, 0) is 0 Å². The van der Waals surface area contributed by atoms with Crippen molar-refractivity contribution in [2.24, 2.45) is 0 Å². The van der Waals surface area contributed by atoms with Crippen LogP contribution < -0.4 is 10.6 Å². The maximum Gasteiger partial charge on any atom is 0.0410 e. The van der Waals surface area contributed by atoms with Gasteiger partial charge in [-0.05, 0) is 18.2 Å². The molecule has 0 aromatic carbocycles. The normalized spacial score (nSPS) is 14.1. The Morgan fingerprint density at radius 1 is 1.60 bits per heavy atom. The quantitative estimate of drug-likeness (QED) is 0.582. The van der Waals surface area contributed by atoms with E-state index in [0.717, 1.165) is 5.35 Å². The van der Waals surface area contributed by atoms with Gasteiger partial charge >= 0.3 is 0 Å². The van der Waals surface area contributed by atoms with Gasteiger partial charge in [-0.15, -0.1) is 0 Å². The zero-order valence-corrected chi connectivity index (χ0v) is 6.09. The van der Waals surface area contributed by atoms with E-state index in [4.69, 9.17) is 0 Å². The standard InChI is InChI=1S/C9H11N/c1-3-5-8-6-7-10-9(8)4-2/h3-7,10H,1H2,2H3/b8-5-,9-4+. The van der Waals surface area contributed by atoms with E-state index >= 15 is 0 Å². The Morgan fingerprint density at radius 2 is 2.40 bits per heavy atom. The highest BCUT2D eigenvalue weighted by molar-refractivity contribution is 5.36. The monoisotopic (exact) mass is 133 g/mol. The summed E-state index contributed by atoms with van der Waals surface area (Å²) in [6, 6.07) is 2.02. The lowest BCUT2D eigenvalue weighted by atomic mass is 10.3. The van der Waals surface area contributed by atoms with Crippen molar-refractivity contribution >= 4 is 12.2 Å². The molecule has 0 spiro atoms. The molecule has 1 heterocycles. The molecule has 0 atom stereocenters. The Labute approximate surface area is 60.4 Å². The number of allylic oxidation sites excluding steroid dienone is 1. The van der Waals surface area contributed by atoms with Crippen molar-refractivity contribution in [2.75, 3.05) is 0 Å². The average Bonchev–Trinajstić information content (AvgIpc) is 2.36. The van der Waals surface area contributed by atoms with Crippen LogP contribution in [0.4, 0.5) is 0 Å². The van der Waals surface area contributed by atoms with Gasteiger partial charge in [0.25, 0.3) is 0 Å². The summed E-state index contributed by atoms with van der Waals surface area (Å²) in [5.74, 6) is 0. The molecule has 0 amide bonds. The molecule has 1 aromatic rings.